The number of nitro groups is 1. The van der Waals surface area contributed by atoms with Crippen LogP contribution in [0.5, 0.6) is 0 Å². The monoisotopic (exact) mass is 276 g/mol. The first-order valence-electron chi connectivity index (χ1n) is 6.19. The van der Waals surface area contributed by atoms with Crippen LogP contribution in [0.1, 0.15) is 5.82 Å². The predicted octanol–water partition coefficient (Wildman–Crippen LogP) is 1.72. The van der Waals surface area contributed by atoms with E-state index in [1.165, 1.54) is 12.1 Å². The number of H-pyrrole nitrogens is 1. The van der Waals surface area contributed by atoms with Crippen LogP contribution in [0.3, 0.4) is 0 Å². The van der Waals surface area contributed by atoms with Crippen molar-refractivity contribution in [2.75, 3.05) is 20.3 Å². The molecule has 106 valence electrons. The van der Waals surface area contributed by atoms with Crippen LogP contribution in [0.4, 0.5) is 5.69 Å². The molecular weight excluding hydrogens is 260 g/mol. The zero-order valence-corrected chi connectivity index (χ0v) is 11.1. The van der Waals surface area contributed by atoms with Crippen molar-refractivity contribution in [1.82, 2.24) is 15.3 Å². The van der Waals surface area contributed by atoms with Gasteiger partial charge in [0.2, 0.25) is 0 Å². The summed E-state index contributed by atoms with van der Waals surface area (Å²) in [6.45, 7) is 2.02. The minimum atomic E-state index is -0.415. The summed E-state index contributed by atoms with van der Waals surface area (Å²) in [5.74, 6) is 0.814. The van der Waals surface area contributed by atoms with Crippen molar-refractivity contribution < 1.29 is 9.66 Å². The molecule has 0 saturated carbocycles. The summed E-state index contributed by atoms with van der Waals surface area (Å²) in [4.78, 5) is 17.6. The number of non-ortho nitro benzene ring substituents is 1. The van der Waals surface area contributed by atoms with Crippen molar-refractivity contribution in [3.8, 4) is 11.3 Å². The highest BCUT2D eigenvalue weighted by Gasteiger charge is 2.07. The molecule has 20 heavy (non-hydrogen) atoms. The average Bonchev–Trinajstić information content (AvgIpc) is 2.92. The summed E-state index contributed by atoms with van der Waals surface area (Å²) >= 11 is 0. The molecule has 7 nitrogen and oxygen atoms in total. The van der Waals surface area contributed by atoms with E-state index in [0.29, 0.717) is 13.2 Å². The van der Waals surface area contributed by atoms with E-state index in [4.69, 9.17) is 4.74 Å². The van der Waals surface area contributed by atoms with Crippen molar-refractivity contribution in [1.29, 1.82) is 0 Å². The van der Waals surface area contributed by atoms with Crippen molar-refractivity contribution >= 4 is 5.69 Å². The number of rotatable bonds is 7. The zero-order valence-electron chi connectivity index (χ0n) is 11.1. The smallest absolute Gasteiger partial charge is 0.269 e. The molecule has 2 aromatic rings. The summed E-state index contributed by atoms with van der Waals surface area (Å²) < 4.78 is 4.94. The summed E-state index contributed by atoms with van der Waals surface area (Å²) in [7, 11) is 1.65. The van der Waals surface area contributed by atoms with E-state index in [9.17, 15) is 10.1 Å². The van der Waals surface area contributed by atoms with Gasteiger partial charge in [-0.05, 0) is 12.1 Å². The summed E-state index contributed by atoms with van der Waals surface area (Å²) in [6, 6.07) is 6.36. The third-order valence-corrected chi connectivity index (χ3v) is 2.79. The maximum atomic E-state index is 10.6. The van der Waals surface area contributed by atoms with E-state index in [2.05, 4.69) is 15.3 Å². The van der Waals surface area contributed by atoms with Gasteiger partial charge in [0.05, 0.1) is 30.0 Å². The highest BCUT2D eigenvalue weighted by atomic mass is 16.6. The van der Waals surface area contributed by atoms with Gasteiger partial charge in [-0.1, -0.05) is 0 Å². The topological polar surface area (TPSA) is 93.1 Å². The van der Waals surface area contributed by atoms with Crippen molar-refractivity contribution in [3.05, 3.63) is 46.4 Å². The molecule has 7 heteroatoms. The predicted molar refractivity (Wildman–Crippen MR) is 74.3 cm³/mol. The van der Waals surface area contributed by atoms with Gasteiger partial charge >= 0.3 is 0 Å². The number of methoxy groups -OCH3 is 1. The molecule has 2 rings (SSSR count). The Morgan fingerprint density at radius 1 is 1.40 bits per heavy atom. The Labute approximate surface area is 116 Å². The van der Waals surface area contributed by atoms with Crippen LogP contribution in [-0.4, -0.2) is 35.2 Å². The summed E-state index contributed by atoms with van der Waals surface area (Å²) in [5.41, 5.74) is 1.78. The van der Waals surface area contributed by atoms with E-state index >= 15 is 0 Å². The minimum Gasteiger partial charge on any atom is -0.383 e. The average molecular weight is 276 g/mol. The SMILES string of the molecule is COCCNCc1ncc(-c2ccc([N+](=O)[O-])cc2)[nH]1. The Balaban J connectivity index is 1.99. The first-order chi connectivity index (χ1) is 9.70. The van der Waals surface area contributed by atoms with Crippen LogP contribution in [0.15, 0.2) is 30.5 Å². The van der Waals surface area contributed by atoms with E-state index in [1.54, 1.807) is 25.4 Å². The Hall–Kier alpha value is -2.25. The summed E-state index contributed by atoms with van der Waals surface area (Å²) in [5, 5.41) is 13.8. The van der Waals surface area contributed by atoms with E-state index in [-0.39, 0.29) is 5.69 Å². The second kappa shape index (κ2) is 6.78. The molecule has 0 bridgehead atoms. The number of nitrogens with zero attached hydrogens (tertiary/aromatic N) is 2. The lowest BCUT2D eigenvalue weighted by Gasteiger charge is -2.01. The molecule has 0 spiro atoms. The Kier molecular flexibility index (Phi) is 4.80. The highest BCUT2D eigenvalue weighted by Crippen LogP contribution is 2.20. The first kappa shape index (κ1) is 14.2. The molecule has 2 N–H and O–H groups in total. The molecule has 0 atom stereocenters. The molecule has 0 radical (unpaired) electrons. The third kappa shape index (κ3) is 3.62. The van der Waals surface area contributed by atoms with Gasteiger partial charge in [-0.25, -0.2) is 4.98 Å². The third-order valence-electron chi connectivity index (χ3n) is 2.79. The fourth-order valence-electron chi connectivity index (χ4n) is 1.74. The number of aromatic amines is 1. The lowest BCUT2D eigenvalue weighted by atomic mass is 10.1. The molecule has 0 aliphatic carbocycles. The van der Waals surface area contributed by atoms with Crippen LogP contribution in [0.25, 0.3) is 11.3 Å². The van der Waals surface area contributed by atoms with Crippen LogP contribution in [0, 0.1) is 10.1 Å². The minimum absolute atomic E-state index is 0.0784. The van der Waals surface area contributed by atoms with Crippen LogP contribution in [-0.2, 0) is 11.3 Å². The standard InChI is InChI=1S/C13H16N4O3/c1-20-7-6-14-9-13-15-8-12(16-13)10-2-4-11(5-3-10)17(18)19/h2-5,8,14H,6-7,9H2,1H3,(H,15,16). The number of benzene rings is 1. The number of ether oxygens (including phenoxy) is 1. The Bertz CT molecular complexity index is 565. The van der Waals surface area contributed by atoms with E-state index in [1.807, 2.05) is 0 Å². The van der Waals surface area contributed by atoms with Gasteiger partial charge in [0.25, 0.3) is 5.69 Å². The van der Waals surface area contributed by atoms with E-state index < -0.39 is 4.92 Å². The van der Waals surface area contributed by atoms with Crippen LogP contribution >= 0.6 is 0 Å². The normalized spacial score (nSPS) is 10.7. The number of nitro benzene ring substituents is 1. The fourth-order valence-corrected chi connectivity index (χ4v) is 1.74. The number of nitrogens with one attached hydrogen (secondary N) is 2. The first-order valence-corrected chi connectivity index (χ1v) is 6.19. The quantitative estimate of drug-likeness (QED) is 0.456. The molecule has 0 amide bonds. The molecule has 1 aromatic carbocycles. The fraction of sp³-hybridized carbons (Fsp3) is 0.308. The maximum Gasteiger partial charge on any atom is 0.269 e. The van der Waals surface area contributed by atoms with Crippen molar-refractivity contribution in [3.63, 3.8) is 0 Å². The zero-order chi connectivity index (χ0) is 14.4. The lowest BCUT2D eigenvalue weighted by molar-refractivity contribution is -0.384. The molecule has 1 heterocycles. The van der Waals surface area contributed by atoms with Gasteiger partial charge < -0.3 is 15.0 Å². The van der Waals surface area contributed by atoms with E-state index in [0.717, 1.165) is 23.6 Å². The molecule has 0 aliphatic heterocycles. The summed E-state index contributed by atoms with van der Waals surface area (Å²) in [6.07, 6.45) is 1.72. The molecule has 0 fully saturated rings. The van der Waals surface area contributed by atoms with Crippen LogP contribution < -0.4 is 5.32 Å². The number of imidazole rings is 1. The van der Waals surface area contributed by atoms with Crippen LogP contribution in [0.2, 0.25) is 0 Å². The van der Waals surface area contributed by atoms with Gasteiger partial charge in [-0.15, -0.1) is 0 Å². The van der Waals surface area contributed by atoms with Crippen molar-refractivity contribution in [2.24, 2.45) is 0 Å². The lowest BCUT2D eigenvalue weighted by Crippen LogP contribution is -2.19. The molecule has 0 aliphatic rings. The second-order valence-electron chi connectivity index (χ2n) is 4.22. The van der Waals surface area contributed by atoms with Gasteiger partial charge in [0, 0.05) is 31.4 Å². The number of aromatic nitrogens is 2. The van der Waals surface area contributed by atoms with Gasteiger partial charge in [0.1, 0.15) is 5.82 Å². The van der Waals surface area contributed by atoms with Gasteiger partial charge in [0.15, 0.2) is 0 Å². The number of hydrogen-bond donors (Lipinski definition) is 2. The molecule has 0 saturated heterocycles. The Morgan fingerprint density at radius 2 is 2.15 bits per heavy atom. The highest BCUT2D eigenvalue weighted by molar-refractivity contribution is 5.60. The van der Waals surface area contributed by atoms with Gasteiger partial charge in [-0.2, -0.15) is 0 Å². The number of hydrogen-bond acceptors (Lipinski definition) is 5. The second-order valence-corrected chi connectivity index (χ2v) is 4.22. The Morgan fingerprint density at radius 3 is 2.80 bits per heavy atom. The maximum absolute atomic E-state index is 10.6. The largest absolute Gasteiger partial charge is 0.383 e. The molecular formula is C13H16N4O3. The van der Waals surface area contributed by atoms with Gasteiger partial charge in [-0.3, -0.25) is 10.1 Å². The van der Waals surface area contributed by atoms with Crippen molar-refractivity contribution in [2.45, 2.75) is 6.54 Å². The molecule has 0 unspecified atom stereocenters. The molecule has 1 aromatic heterocycles.